The fourth-order valence-electron chi connectivity index (χ4n) is 1.01. The van der Waals surface area contributed by atoms with Gasteiger partial charge in [-0.15, -0.1) is 0 Å². The predicted octanol–water partition coefficient (Wildman–Crippen LogP) is 3.24. The molecule has 0 fully saturated rings. The van der Waals surface area contributed by atoms with Gasteiger partial charge in [-0.3, -0.25) is 4.79 Å². The van der Waals surface area contributed by atoms with E-state index in [1.807, 2.05) is 22.6 Å². The number of nitrogens with one attached hydrogen (secondary N) is 1. The molecule has 86 valence electrons. The van der Waals surface area contributed by atoms with Crippen LogP contribution in [0.15, 0.2) is 23.2 Å². The molecule has 0 aromatic heterocycles. The number of hydrogen-bond donors (Lipinski definition) is 2. The normalized spacial score (nSPS) is 9.94. The third kappa shape index (κ3) is 3.88. The second kappa shape index (κ2) is 6.20. The zero-order valence-corrected chi connectivity index (χ0v) is 14.0. The van der Waals surface area contributed by atoms with Crippen molar-refractivity contribution < 1.29 is 9.90 Å². The van der Waals surface area contributed by atoms with Gasteiger partial charge in [0.05, 0.1) is 9.13 Å². The Bertz CT molecular complexity index is 449. The van der Waals surface area contributed by atoms with Crippen molar-refractivity contribution in [3.8, 4) is 5.75 Å². The fourth-order valence-corrected chi connectivity index (χ4v) is 3.00. The Morgan fingerprint density at radius 2 is 2.12 bits per heavy atom. The summed E-state index contributed by atoms with van der Waals surface area (Å²) in [5.74, 6) is -0.298. The maximum atomic E-state index is 11.7. The lowest BCUT2D eigenvalue weighted by atomic mass is 10.2. The van der Waals surface area contributed by atoms with Gasteiger partial charge in [-0.1, -0.05) is 22.5 Å². The number of aromatic hydroxyl groups is 1. The first kappa shape index (κ1) is 14.2. The number of benzene rings is 1. The van der Waals surface area contributed by atoms with Crippen LogP contribution < -0.4 is 5.32 Å². The lowest BCUT2D eigenvalue weighted by Gasteiger charge is -2.08. The van der Waals surface area contributed by atoms with Crippen LogP contribution in [0.4, 0.5) is 0 Å². The highest BCUT2D eigenvalue weighted by Gasteiger charge is 2.14. The number of halogens is 3. The van der Waals surface area contributed by atoms with E-state index in [1.165, 1.54) is 0 Å². The number of carbonyl (C=O) groups is 1. The molecular weight excluding hydrogens is 500 g/mol. The standard InChI is InChI=1S/C10H8BrI2NO2/c1-5(11)4-14-10(16)7-2-6(12)3-8(13)9(7)15/h2-3,15H,1,4H2,(H,14,16). The number of hydrogen-bond acceptors (Lipinski definition) is 2. The third-order valence-corrected chi connectivity index (χ3v) is 3.44. The highest BCUT2D eigenvalue weighted by Crippen LogP contribution is 2.26. The van der Waals surface area contributed by atoms with Gasteiger partial charge in [0.1, 0.15) is 5.75 Å². The van der Waals surface area contributed by atoms with Gasteiger partial charge in [-0.2, -0.15) is 0 Å². The van der Waals surface area contributed by atoms with Crippen LogP contribution in [0, 0.1) is 7.14 Å². The molecule has 1 rings (SSSR count). The Balaban J connectivity index is 2.95. The predicted molar refractivity (Wildman–Crippen MR) is 83.9 cm³/mol. The molecule has 0 saturated carbocycles. The second-order valence-corrected chi connectivity index (χ2v) is 6.51. The Kier molecular flexibility index (Phi) is 5.51. The van der Waals surface area contributed by atoms with E-state index in [9.17, 15) is 9.90 Å². The lowest BCUT2D eigenvalue weighted by molar-refractivity contribution is 0.0955. The van der Waals surface area contributed by atoms with Crippen molar-refractivity contribution in [3.05, 3.63) is 35.9 Å². The summed E-state index contributed by atoms with van der Waals surface area (Å²) in [4.78, 5) is 11.7. The van der Waals surface area contributed by atoms with E-state index in [2.05, 4.69) is 50.4 Å². The number of rotatable bonds is 3. The molecule has 1 aromatic rings. The van der Waals surface area contributed by atoms with Crippen LogP contribution in [-0.2, 0) is 0 Å². The largest absolute Gasteiger partial charge is 0.506 e. The minimum atomic E-state index is -0.311. The van der Waals surface area contributed by atoms with Gasteiger partial charge >= 0.3 is 0 Å². The van der Waals surface area contributed by atoms with Crippen molar-refractivity contribution in [2.45, 2.75) is 0 Å². The zero-order valence-electron chi connectivity index (χ0n) is 8.06. The highest BCUT2D eigenvalue weighted by molar-refractivity contribution is 14.1. The SMILES string of the molecule is C=C(Br)CNC(=O)c1cc(I)cc(I)c1O. The minimum absolute atomic E-state index is 0.0127. The van der Waals surface area contributed by atoms with Gasteiger partial charge in [-0.25, -0.2) is 0 Å². The van der Waals surface area contributed by atoms with Crippen molar-refractivity contribution in [2.24, 2.45) is 0 Å². The van der Waals surface area contributed by atoms with Gasteiger partial charge in [0.15, 0.2) is 0 Å². The van der Waals surface area contributed by atoms with Crippen LogP contribution in [0.2, 0.25) is 0 Å². The van der Waals surface area contributed by atoms with Crippen molar-refractivity contribution in [1.82, 2.24) is 5.32 Å². The van der Waals surface area contributed by atoms with E-state index in [4.69, 9.17) is 0 Å². The van der Waals surface area contributed by atoms with E-state index in [0.29, 0.717) is 14.6 Å². The van der Waals surface area contributed by atoms with Gasteiger partial charge in [-0.05, 0) is 57.3 Å². The Hall–Kier alpha value is 0.170. The van der Waals surface area contributed by atoms with Gasteiger partial charge < -0.3 is 10.4 Å². The first-order valence-corrected chi connectivity index (χ1v) is 7.16. The molecule has 1 aromatic carbocycles. The van der Waals surface area contributed by atoms with E-state index in [1.54, 1.807) is 12.1 Å². The Morgan fingerprint density at radius 3 is 2.69 bits per heavy atom. The minimum Gasteiger partial charge on any atom is -0.506 e. The van der Waals surface area contributed by atoms with E-state index < -0.39 is 0 Å². The Morgan fingerprint density at radius 1 is 1.50 bits per heavy atom. The highest BCUT2D eigenvalue weighted by atomic mass is 127. The molecule has 0 unspecified atom stereocenters. The molecule has 0 aliphatic carbocycles. The first-order chi connectivity index (χ1) is 7.41. The summed E-state index contributed by atoms with van der Waals surface area (Å²) in [6.45, 7) is 3.95. The molecule has 0 radical (unpaired) electrons. The fraction of sp³-hybridized carbons (Fsp3) is 0.100. The molecule has 1 amide bonds. The second-order valence-electron chi connectivity index (χ2n) is 2.98. The average Bonchev–Trinajstić information content (AvgIpc) is 2.19. The van der Waals surface area contributed by atoms with E-state index in [-0.39, 0.29) is 17.2 Å². The first-order valence-electron chi connectivity index (χ1n) is 4.21. The monoisotopic (exact) mass is 507 g/mol. The van der Waals surface area contributed by atoms with E-state index >= 15 is 0 Å². The summed E-state index contributed by atoms with van der Waals surface area (Å²) in [7, 11) is 0. The molecule has 0 aliphatic rings. The molecule has 0 atom stereocenters. The molecule has 16 heavy (non-hydrogen) atoms. The molecule has 0 bridgehead atoms. The maximum Gasteiger partial charge on any atom is 0.255 e. The molecular formula is C10H8BrI2NO2. The molecule has 0 aliphatic heterocycles. The zero-order chi connectivity index (χ0) is 12.3. The summed E-state index contributed by atoms with van der Waals surface area (Å²) >= 11 is 7.24. The van der Waals surface area contributed by atoms with Crippen LogP contribution >= 0.6 is 61.1 Å². The Labute approximate surface area is 129 Å². The lowest BCUT2D eigenvalue weighted by Crippen LogP contribution is -2.24. The van der Waals surface area contributed by atoms with Gasteiger partial charge in [0.2, 0.25) is 0 Å². The molecule has 6 heteroatoms. The van der Waals surface area contributed by atoms with Crippen molar-refractivity contribution in [2.75, 3.05) is 6.54 Å². The molecule has 0 spiro atoms. The summed E-state index contributed by atoms with van der Waals surface area (Å²) in [5, 5.41) is 12.4. The number of phenols is 1. The summed E-state index contributed by atoms with van der Waals surface area (Å²) in [6.07, 6.45) is 0. The van der Waals surface area contributed by atoms with E-state index in [0.717, 1.165) is 3.57 Å². The topological polar surface area (TPSA) is 49.3 Å². The van der Waals surface area contributed by atoms with Crippen LogP contribution in [0.5, 0.6) is 5.75 Å². The van der Waals surface area contributed by atoms with Crippen molar-refractivity contribution in [3.63, 3.8) is 0 Å². The van der Waals surface area contributed by atoms with Crippen LogP contribution in [-0.4, -0.2) is 17.6 Å². The molecule has 0 saturated heterocycles. The third-order valence-electron chi connectivity index (χ3n) is 1.71. The van der Waals surface area contributed by atoms with Crippen LogP contribution in [0.25, 0.3) is 0 Å². The summed E-state index contributed by atoms with van der Waals surface area (Å²) in [5.41, 5.74) is 0.282. The number of phenolic OH excluding ortho intramolecular Hbond substituents is 1. The van der Waals surface area contributed by atoms with Crippen molar-refractivity contribution in [1.29, 1.82) is 0 Å². The maximum absolute atomic E-state index is 11.7. The quantitative estimate of drug-likeness (QED) is 0.617. The molecule has 0 heterocycles. The van der Waals surface area contributed by atoms with Crippen LogP contribution in [0.1, 0.15) is 10.4 Å². The summed E-state index contributed by atoms with van der Waals surface area (Å²) < 4.78 is 2.25. The van der Waals surface area contributed by atoms with Crippen LogP contribution in [0.3, 0.4) is 0 Å². The van der Waals surface area contributed by atoms with Gasteiger partial charge in [0.25, 0.3) is 5.91 Å². The number of amides is 1. The summed E-state index contributed by atoms with van der Waals surface area (Å²) in [6, 6.07) is 3.45. The smallest absolute Gasteiger partial charge is 0.255 e. The van der Waals surface area contributed by atoms with Gasteiger partial charge in [0, 0.05) is 14.6 Å². The average molecular weight is 508 g/mol. The molecule has 2 N–H and O–H groups in total. The number of carbonyl (C=O) groups excluding carboxylic acids is 1. The van der Waals surface area contributed by atoms with Crippen molar-refractivity contribution >= 4 is 67.0 Å². The molecule has 3 nitrogen and oxygen atoms in total.